The van der Waals surface area contributed by atoms with Crippen LogP contribution in [0, 0.1) is 0 Å². The third-order valence-corrected chi connectivity index (χ3v) is 9.21. The highest BCUT2D eigenvalue weighted by molar-refractivity contribution is 7.99. The van der Waals surface area contributed by atoms with Gasteiger partial charge in [0.15, 0.2) is 15.0 Å². The van der Waals surface area contributed by atoms with Crippen LogP contribution in [0.2, 0.25) is 0 Å². The van der Waals surface area contributed by atoms with Crippen LogP contribution >= 0.6 is 23.1 Å². The van der Waals surface area contributed by atoms with Crippen LogP contribution in [-0.2, 0) is 34.0 Å². The first-order chi connectivity index (χ1) is 13.9. The summed E-state index contributed by atoms with van der Waals surface area (Å²) in [5, 5.41) is 3.99. The van der Waals surface area contributed by atoms with E-state index in [4.69, 9.17) is 4.98 Å². The molecule has 1 unspecified atom stereocenters. The number of thioether (sulfide) groups is 1. The Bertz CT molecular complexity index is 1130. The van der Waals surface area contributed by atoms with Gasteiger partial charge < -0.3 is 5.32 Å². The summed E-state index contributed by atoms with van der Waals surface area (Å²) in [7, 11) is -3.04. The molecule has 0 bridgehead atoms. The normalized spacial score (nSPS) is 20.5. The van der Waals surface area contributed by atoms with Gasteiger partial charge >= 0.3 is 0 Å². The molecule has 10 heteroatoms. The Kier molecular flexibility index (Phi) is 5.85. The summed E-state index contributed by atoms with van der Waals surface area (Å²) in [4.78, 5) is 32.2. The van der Waals surface area contributed by atoms with E-state index in [2.05, 4.69) is 11.9 Å². The van der Waals surface area contributed by atoms with Crippen molar-refractivity contribution >= 4 is 49.1 Å². The lowest BCUT2D eigenvalue weighted by atomic mass is 9.97. The first kappa shape index (κ1) is 20.6. The summed E-state index contributed by atoms with van der Waals surface area (Å²) in [6.07, 6.45) is 6.24. The number of rotatable bonds is 6. The second-order valence-corrected chi connectivity index (χ2v) is 11.7. The van der Waals surface area contributed by atoms with E-state index in [0.717, 1.165) is 41.5 Å². The van der Waals surface area contributed by atoms with Gasteiger partial charge in [0.25, 0.3) is 5.56 Å². The quantitative estimate of drug-likeness (QED) is 0.408. The molecule has 3 heterocycles. The summed E-state index contributed by atoms with van der Waals surface area (Å²) < 4.78 is 24.7. The van der Waals surface area contributed by atoms with E-state index in [0.29, 0.717) is 18.1 Å². The van der Waals surface area contributed by atoms with Gasteiger partial charge in [-0.2, -0.15) is 0 Å². The molecule has 7 nitrogen and oxygen atoms in total. The molecule has 2 aromatic heterocycles. The van der Waals surface area contributed by atoms with Crippen molar-refractivity contribution in [2.24, 2.45) is 0 Å². The molecule has 4 rings (SSSR count). The second-order valence-electron chi connectivity index (χ2n) is 7.45. The van der Waals surface area contributed by atoms with Crippen molar-refractivity contribution in [3.63, 3.8) is 0 Å². The number of thiophene rings is 1. The van der Waals surface area contributed by atoms with Crippen LogP contribution in [0.4, 0.5) is 0 Å². The SMILES string of the molecule is C=CCn1c(SCC(=O)NC2CCS(=O)(=O)C2)nc2sc3c(c2c1=O)CCCC3. The Labute approximate surface area is 177 Å². The van der Waals surface area contributed by atoms with E-state index >= 15 is 0 Å². The Morgan fingerprint density at radius 1 is 1.38 bits per heavy atom. The van der Waals surface area contributed by atoms with E-state index in [9.17, 15) is 18.0 Å². The van der Waals surface area contributed by atoms with Crippen molar-refractivity contribution in [2.75, 3.05) is 17.3 Å². The average molecular weight is 454 g/mol. The van der Waals surface area contributed by atoms with Gasteiger partial charge in [-0.3, -0.25) is 14.2 Å². The van der Waals surface area contributed by atoms with Crippen LogP contribution in [0.3, 0.4) is 0 Å². The van der Waals surface area contributed by atoms with Crippen molar-refractivity contribution < 1.29 is 13.2 Å². The zero-order chi connectivity index (χ0) is 20.6. The van der Waals surface area contributed by atoms with Gasteiger partial charge in [-0.1, -0.05) is 17.8 Å². The number of carbonyl (C=O) groups is 1. The lowest BCUT2D eigenvalue weighted by Gasteiger charge is -2.13. The standard InChI is InChI=1S/C19H23N3O4S3/c1-2-8-22-18(24)16-13-5-3-4-6-14(13)28-17(16)21-19(22)27-10-15(23)20-12-7-9-29(25,26)11-12/h2,12H,1,3-11H2,(H,20,23). The van der Waals surface area contributed by atoms with E-state index in [-0.39, 0.29) is 34.8 Å². The van der Waals surface area contributed by atoms with Crippen molar-refractivity contribution in [2.45, 2.75) is 49.8 Å². The highest BCUT2D eigenvalue weighted by atomic mass is 32.2. The molecule has 1 amide bonds. The fourth-order valence-electron chi connectivity index (χ4n) is 3.93. The number of nitrogens with zero attached hydrogens (tertiary/aromatic N) is 2. The van der Waals surface area contributed by atoms with Crippen molar-refractivity contribution in [1.82, 2.24) is 14.9 Å². The van der Waals surface area contributed by atoms with Gasteiger partial charge in [0, 0.05) is 17.5 Å². The minimum atomic E-state index is -3.04. The maximum Gasteiger partial charge on any atom is 0.263 e. The number of aryl methyl sites for hydroxylation is 2. The van der Waals surface area contributed by atoms with Gasteiger partial charge in [-0.05, 0) is 37.7 Å². The summed E-state index contributed by atoms with van der Waals surface area (Å²) >= 11 is 2.79. The first-order valence-corrected chi connectivity index (χ1v) is 13.3. The maximum absolute atomic E-state index is 13.2. The van der Waals surface area contributed by atoms with Gasteiger partial charge in [-0.25, -0.2) is 13.4 Å². The number of nitrogens with one attached hydrogen (secondary N) is 1. The molecular formula is C19H23N3O4S3. The average Bonchev–Trinajstić information content (AvgIpc) is 3.21. The molecule has 1 aliphatic carbocycles. The Balaban J connectivity index is 1.56. The molecule has 0 aromatic carbocycles. The van der Waals surface area contributed by atoms with E-state index in [1.54, 1.807) is 22.0 Å². The number of hydrogen-bond acceptors (Lipinski definition) is 7. The smallest absolute Gasteiger partial charge is 0.263 e. The molecule has 1 fully saturated rings. The summed E-state index contributed by atoms with van der Waals surface area (Å²) in [5.41, 5.74) is 1.07. The Hall–Kier alpha value is -1.65. The topological polar surface area (TPSA) is 98.1 Å². The number of hydrogen-bond donors (Lipinski definition) is 1. The Morgan fingerprint density at radius 3 is 2.90 bits per heavy atom. The minimum Gasteiger partial charge on any atom is -0.352 e. The zero-order valence-electron chi connectivity index (χ0n) is 16.0. The molecule has 156 valence electrons. The summed E-state index contributed by atoms with van der Waals surface area (Å²) in [5.74, 6) is -0.0561. The molecule has 2 aliphatic rings. The predicted octanol–water partition coefficient (Wildman–Crippen LogP) is 1.92. The zero-order valence-corrected chi connectivity index (χ0v) is 18.4. The third-order valence-electron chi connectivity index (χ3n) is 5.28. The van der Waals surface area contributed by atoms with Gasteiger partial charge in [-0.15, -0.1) is 17.9 Å². The van der Waals surface area contributed by atoms with Crippen molar-refractivity contribution in [1.29, 1.82) is 0 Å². The summed E-state index contributed by atoms with van der Waals surface area (Å²) in [6, 6.07) is -0.331. The molecule has 0 saturated carbocycles. The number of allylic oxidation sites excluding steroid dienone is 1. The van der Waals surface area contributed by atoms with E-state index in [1.807, 2.05) is 0 Å². The largest absolute Gasteiger partial charge is 0.352 e. The predicted molar refractivity (Wildman–Crippen MR) is 117 cm³/mol. The third kappa shape index (κ3) is 4.29. The molecule has 1 aliphatic heterocycles. The fourth-order valence-corrected chi connectivity index (χ4v) is 7.72. The Morgan fingerprint density at radius 2 is 2.17 bits per heavy atom. The van der Waals surface area contributed by atoms with Crippen LogP contribution in [0.15, 0.2) is 22.6 Å². The first-order valence-electron chi connectivity index (χ1n) is 9.66. The number of sulfone groups is 1. The van der Waals surface area contributed by atoms with Crippen LogP contribution in [0.1, 0.15) is 29.7 Å². The number of aromatic nitrogens is 2. The second kappa shape index (κ2) is 8.23. The fraction of sp³-hybridized carbons (Fsp3) is 0.526. The molecule has 29 heavy (non-hydrogen) atoms. The van der Waals surface area contributed by atoms with Crippen LogP contribution in [0.5, 0.6) is 0 Å². The van der Waals surface area contributed by atoms with Crippen LogP contribution < -0.4 is 10.9 Å². The molecule has 1 atom stereocenters. The minimum absolute atomic E-state index is 0.00443. The van der Waals surface area contributed by atoms with Crippen molar-refractivity contribution in [3.05, 3.63) is 33.4 Å². The van der Waals surface area contributed by atoms with Crippen LogP contribution in [-0.4, -0.2) is 47.2 Å². The summed E-state index contributed by atoms with van der Waals surface area (Å²) in [6.45, 7) is 4.07. The lowest BCUT2D eigenvalue weighted by molar-refractivity contribution is -0.119. The molecule has 0 radical (unpaired) electrons. The number of amides is 1. The number of fused-ring (bicyclic) bond motifs is 3. The highest BCUT2D eigenvalue weighted by Gasteiger charge is 2.29. The molecule has 0 spiro atoms. The van der Waals surface area contributed by atoms with Crippen LogP contribution in [0.25, 0.3) is 10.2 Å². The number of carbonyl (C=O) groups excluding carboxylic acids is 1. The van der Waals surface area contributed by atoms with Gasteiger partial charge in [0.05, 0.1) is 22.6 Å². The monoisotopic (exact) mass is 453 g/mol. The molecule has 1 saturated heterocycles. The van der Waals surface area contributed by atoms with Gasteiger partial charge in [0.1, 0.15) is 4.83 Å². The van der Waals surface area contributed by atoms with Crippen molar-refractivity contribution in [3.8, 4) is 0 Å². The molecule has 1 N–H and O–H groups in total. The van der Waals surface area contributed by atoms with Gasteiger partial charge in [0.2, 0.25) is 5.91 Å². The molecule has 2 aromatic rings. The lowest BCUT2D eigenvalue weighted by Crippen LogP contribution is -2.36. The maximum atomic E-state index is 13.2. The van der Waals surface area contributed by atoms with E-state index < -0.39 is 9.84 Å². The van der Waals surface area contributed by atoms with E-state index in [1.165, 1.54) is 16.6 Å². The molecular weight excluding hydrogens is 430 g/mol. The highest BCUT2D eigenvalue weighted by Crippen LogP contribution is 2.34.